The third-order valence-corrected chi connectivity index (χ3v) is 3.56. The lowest BCUT2D eigenvalue weighted by molar-refractivity contribution is -0.385. The van der Waals surface area contributed by atoms with Gasteiger partial charge in [0, 0.05) is 10.9 Å². The van der Waals surface area contributed by atoms with Gasteiger partial charge in [0.25, 0.3) is 0 Å². The lowest BCUT2D eigenvalue weighted by atomic mass is 10.1. The fraction of sp³-hybridized carbons (Fsp3) is 0.167. The molecule has 2 rings (SSSR count). The maximum absolute atomic E-state index is 10.9. The van der Waals surface area contributed by atoms with E-state index in [4.69, 9.17) is 10.5 Å². The molecule has 19 heavy (non-hydrogen) atoms. The molecule has 0 amide bonds. The summed E-state index contributed by atoms with van der Waals surface area (Å²) in [5.74, 6) is 0.238. The number of rotatable bonds is 4. The zero-order chi connectivity index (χ0) is 13.1. The second-order valence-corrected chi connectivity index (χ2v) is 4.66. The molecule has 0 aliphatic carbocycles. The van der Waals surface area contributed by atoms with Crippen LogP contribution in [0.15, 0.2) is 35.7 Å². The standard InChI is InChI=1S/C12H12N2O3S.ClH/c1-17-10-5-4-8(7-9(10)14(15)16)12(13)11-3-2-6-18-11;/h2-7,12H,13H2,1H3;1H/t12-;/m0./s1. The Labute approximate surface area is 120 Å². The van der Waals surface area contributed by atoms with E-state index in [0.29, 0.717) is 5.56 Å². The Morgan fingerprint density at radius 1 is 1.42 bits per heavy atom. The monoisotopic (exact) mass is 300 g/mol. The molecule has 0 aliphatic rings. The number of methoxy groups -OCH3 is 1. The molecule has 2 aromatic rings. The number of hydrogen-bond acceptors (Lipinski definition) is 5. The second kappa shape index (κ2) is 6.51. The first-order chi connectivity index (χ1) is 8.63. The lowest BCUT2D eigenvalue weighted by Gasteiger charge is -2.11. The maximum atomic E-state index is 10.9. The fourth-order valence-electron chi connectivity index (χ4n) is 1.68. The third-order valence-electron chi connectivity index (χ3n) is 2.61. The maximum Gasteiger partial charge on any atom is 0.311 e. The largest absolute Gasteiger partial charge is 0.490 e. The van der Waals surface area contributed by atoms with E-state index in [1.54, 1.807) is 12.1 Å². The number of halogens is 1. The van der Waals surface area contributed by atoms with Crippen LogP contribution in [-0.2, 0) is 0 Å². The van der Waals surface area contributed by atoms with Crippen LogP contribution in [0.3, 0.4) is 0 Å². The number of thiophene rings is 1. The lowest BCUT2D eigenvalue weighted by Crippen LogP contribution is -2.10. The van der Waals surface area contributed by atoms with E-state index in [1.807, 2.05) is 17.5 Å². The Morgan fingerprint density at radius 3 is 2.68 bits per heavy atom. The van der Waals surface area contributed by atoms with Crippen molar-refractivity contribution in [2.45, 2.75) is 6.04 Å². The molecule has 0 saturated carbocycles. The average molecular weight is 301 g/mol. The van der Waals surface area contributed by atoms with E-state index < -0.39 is 4.92 Å². The molecular weight excluding hydrogens is 288 g/mol. The van der Waals surface area contributed by atoms with Crippen LogP contribution in [0.2, 0.25) is 0 Å². The minimum Gasteiger partial charge on any atom is -0.490 e. The van der Waals surface area contributed by atoms with Gasteiger partial charge in [-0.05, 0) is 23.1 Å². The normalized spacial score (nSPS) is 11.5. The number of benzene rings is 1. The van der Waals surface area contributed by atoms with E-state index in [2.05, 4.69) is 0 Å². The highest BCUT2D eigenvalue weighted by Gasteiger charge is 2.18. The summed E-state index contributed by atoms with van der Waals surface area (Å²) in [4.78, 5) is 11.4. The molecule has 1 aromatic carbocycles. The molecule has 0 saturated heterocycles. The van der Waals surface area contributed by atoms with Crippen molar-refractivity contribution in [3.05, 3.63) is 56.3 Å². The van der Waals surface area contributed by atoms with Gasteiger partial charge in [0.05, 0.1) is 18.1 Å². The summed E-state index contributed by atoms with van der Waals surface area (Å²) in [6, 6.07) is 8.23. The summed E-state index contributed by atoms with van der Waals surface area (Å²) in [6.45, 7) is 0. The van der Waals surface area contributed by atoms with Gasteiger partial charge in [-0.2, -0.15) is 0 Å². The highest BCUT2D eigenvalue weighted by Crippen LogP contribution is 2.32. The fourth-order valence-corrected chi connectivity index (χ4v) is 2.43. The molecule has 0 fully saturated rings. The summed E-state index contributed by atoms with van der Waals surface area (Å²) in [7, 11) is 1.40. The third kappa shape index (κ3) is 3.23. The summed E-state index contributed by atoms with van der Waals surface area (Å²) < 4.78 is 4.95. The van der Waals surface area contributed by atoms with Gasteiger partial charge in [-0.3, -0.25) is 10.1 Å². The topological polar surface area (TPSA) is 78.4 Å². The first-order valence-electron chi connectivity index (χ1n) is 5.25. The Bertz CT molecular complexity index is 560. The van der Waals surface area contributed by atoms with Crippen molar-refractivity contribution in [2.75, 3.05) is 7.11 Å². The predicted molar refractivity (Wildman–Crippen MR) is 77.2 cm³/mol. The molecular formula is C12H13ClN2O3S. The second-order valence-electron chi connectivity index (χ2n) is 3.68. The summed E-state index contributed by atoms with van der Waals surface area (Å²) in [5, 5.41) is 12.9. The first-order valence-corrected chi connectivity index (χ1v) is 6.12. The molecule has 5 nitrogen and oxygen atoms in total. The molecule has 7 heteroatoms. The molecule has 0 bridgehead atoms. The van der Waals surface area contributed by atoms with Crippen molar-refractivity contribution in [1.29, 1.82) is 0 Å². The molecule has 0 radical (unpaired) electrons. The van der Waals surface area contributed by atoms with Crippen LogP contribution in [0.1, 0.15) is 16.5 Å². The Balaban J connectivity index is 0.00000180. The van der Waals surface area contributed by atoms with E-state index in [-0.39, 0.29) is 29.9 Å². The van der Waals surface area contributed by atoms with Crippen molar-refractivity contribution in [1.82, 2.24) is 0 Å². The molecule has 0 spiro atoms. The van der Waals surface area contributed by atoms with Gasteiger partial charge in [-0.15, -0.1) is 23.7 Å². The highest BCUT2D eigenvalue weighted by atomic mass is 35.5. The predicted octanol–water partition coefficient (Wildman–Crippen LogP) is 3.13. The number of hydrogen-bond donors (Lipinski definition) is 1. The van der Waals surface area contributed by atoms with E-state index in [0.717, 1.165) is 4.88 Å². The van der Waals surface area contributed by atoms with Gasteiger partial charge in [0.1, 0.15) is 0 Å². The van der Waals surface area contributed by atoms with Crippen LogP contribution in [0, 0.1) is 10.1 Å². The van der Waals surface area contributed by atoms with E-state index in [1.165, 1.54) is 24.5 Å². The van der Waals surface area contributed by atoms with Gasteiger partial charge in [-0.1, -0.05) is 12.1 Å². The quantitative estimate of drug-likeness (QED) is 0.695. The van der Waals surface area contributed by atoms with Crippen molar-refractivity contribution in [3.63, 3.8) is 0 Å². The zero-order valence-electron chi connectivity index (χ0n) is 10.1. The van der Waals surface area contributed by atoms with Crippen LogP contribution >= 0.6 is 23.7 Å². The van der Waals surface area contributed by atoms with Crippen LogP contribution in [0.5, 0.6) is 5.75 Å². The minimum atomic E-state index is -0.469. The molecule has 1 atom stereocenters. The molecule has 0 unspecified atom stereocenters. The highest BCUT2D eigenvalue weighted by molar-refractivity contribution is 7.10. The number of ether oxygens (including phenoxy) is 1. The molecule has 102 valence electrons. The first kappa shape index (κ1) is 15.4. The Hall–Kier alpha value is -1.63. The molecule has 1 heterocycles. The Kier molecular flexibility index (Phi) is 5.29. The number of nitro groups is 1. The van der Waals surface area contributed by atoms with Gasteiger partial charge < -0.3 is 10.5 Å². The summed E-state index contributed by atoms with van der Waals surface area (Å²) in [6.07, 6.45) is 0. The van der Waals surface area contributed by atoms with Crippen LogP contribution in [0.25, 0.3) is 0 Å². The number of nitrogens with two attached hydrogens (primary N) is 1. The van der Waals surface area contributed by atoms with E-state index >= 15 is 0 Å². The molecule has 0 aliphatic heterocycles. The van der Waals surface area contributed by atoms with Gasteiger partial charge in [0.15, 0.2) is 5.75 Å². The van der Waals surface area contributed by atoms with Gasteiger partial charge in [-0.25, -0.2) is 0 Å². The van der Waals surface area contributed by atoms with Crippen LogP contribution < -0.4 is 10.5 Å². The van der Waals surface area contributed by atoms with Crippen LogP contribution in [-0.4, -0.2) is 12.0 Å². The van der Waals surface area contributed by atoms with Gasteiger partial charge >= 0.3 is 5.69 Å². The van der Waals surface area contributed by atoms with Crippen LogP contribution in [0.4, 0.5) is 5.69 Å². The molecule has 1 aromatic heterocycles. The van der Waals surface area contributed by atoms with Crippen molar-refractivity contribution < 1.29 is 9.66 Å². The number of nitro benzene ring substituents is 1. The minimum absolute atomic E-state index is 0. The van der Waals surface area contributed by atoms with Crippen molar-refractivity contribution in [2.24, 2.45) is 5.73 Å². The smallest absolute Gasteiger partial charge is 0.311 e. The zero-order valence-corrected chi connectivity index (χ0v) is 11.7. The molecule has 2 N–H and O–H groups in total. The Morgan fingerprint density at radius 2 is 2.16 bits per heavy atom. The van der Waals surface area contributed by atoms with Crippen molar-refractivity contribution in [3.8, 4) is 5.75 Å². The van der Waals surface area contributed by atoms with E-state index in [9.17, 15) is 10.1 Å². The SMILES string of the molecule is COc1ccc([C@H](N)c2cccs2)cc1[N+](=O)[O-].Cl. The van der Waals surface area contributed by atoms with Crippen molar-refractivity contribution >= 4 is 29.4 Å². The summed E-state index contributed by atoms with van der Waals surface area (Å²) in [5.41, 5.74) is 6.70. The van der Waals surface area contributed by atoms with Gasteiger partial charge in [0.2, 0.25) is 0 Å². The summed E-state index contributed by atoms with van der Waals surface area (Å²) >= 11 is 1.52. The average Bonchev–Trinajstić information content (AvgIpc) is 2.90. The number of nitrogens with zero attached hydrogens (tertiary/aromatic N) is 1.